The average Bonchev–Trinajstić information content (AvgIpc) is 2.47. The summed E-state index contributed by atoms with van der Waals surface area (Å²) in [5.74, 6) is 0. The van der Waals surface area contributed by atoms with Crippen molar-refractivity contribution < 1.29 is 4.74 Å². The third-order valence-electron chi connectivity index (χ3n) is 4.97. The Hall–Kier alpha value is -0.900. The number of fused-ring (bicyclic) bond motifs is 1. The summed E-state index contributed by atoms with van der Waals surface area (Å²) in [6.45, 7) is 8.15. The first-order chi connectivity index (χ1) is 9.62. The fraction of sp³-hybridized carbons (Fsp3) is 0.647. The summed E-state index contributed by atoms with van der Waals surface area (Å²) in [4.78, 5) is 2.58. The van der Waals surface area contributed by atoms with Crippen molar-refractivity contribution in [1.29, 1.82) is 0 Å². The minimum Gasteiger partial charge on any atom is -0.374 e. The van der Waals surface area contributed by atoms with Gasteiger partial charge in [-0.1, -0.05) is 38.1 Å². The molecule has 2 N–H and O–H groups in total. The summed E-state index contributed by atoms with van der Waals surface area (Å²) in [6.07, 6.45) is 2.69. The Morgan fingerprint density at radius 3 is 2.95 bits per heavy atom. The number of benzene rings is 1. The van der Waals surface area contributed by atoms with Crippen LogP contribution in [0.2, 0.25) is 0 Å². The van der Waals surface area contributed by atoms with Gasteiger partial charge in [0.05, 0.1) is 12.7 Å². The number of nitrogens with zero attached hydrogens (tertiary/aromatic N) is 1. The molecular weight excluding hydrogens is 248 g/mol. The van der Waals surface area contributed by atoms with E-state index in [9.17, 15) is 0 Å². The number of hydrogen-bond donors (Lipinski definition) is 1. The van der Waals surface area contributed by atoms with E-state index in [0.29, 0.717) is 18.0 Å². The third-order valence-corrected chi connectivity index (χ3v) is 4.97. The summed E-state index contributed by atoms with van der Waals surface area (Å²) in [5, 5.41) is 0. The maximum absolute atomic E-state index is 5.78. The van der Waals surface area contributed by atoms with E-state index in [1.54, 1.807) is 0 Å². The van der Waals surface area contributed by atoms with E-state index >= 15 is 0 Å². The molecule has 2 unspecified atom stereocenters. The van der Waals surface area contributed by atoms with Crippen LogP contribution >= 0.6 is 0 Å². The second-order valence-electron chi connectivity index (χ2n) is 6.75. The smallest absolute Gasteiger partial charge is 0.0824 e. The van der Waals surface area contributed by atoms with Gasteiger partial charge in [0.1, 0.15) is 0 Å². The van der Waals surface area contributed by atoms with Crippen LogP contribution < -0.4 is 5.73 Å². The molecule has 1 aliphatic heterocycles. The van der Waals surface area contributed by atoms with Crippen LogP contribution in [-0.4, -0.2) is 37.2 Å². The van der Waals surface area contributed by atoms with Crippen molar-refractivity contribution in [3.8, 4) is 0 Å². The Morgan fingerprint density at radius 2 is 2.15 bits per heavy atom. The lowest BCUT2D eigenvalue weighted by Gasteiger charge is -2.44. The molecule has 0 amide bonds. The molecule has 1 fully saturated rings. The van der Waals surface area contributed by atoms with Crippen molar-refractivity contribution in [2.45, 2.75) is 44.2 Å². The van der Waals surface area contributed by atoms with Crippen molar-refractivity contribution in [3.63, 3.8) is 0 Å². The molecule has 3 heteroatoms. The second-order valence-corrected chi connectivity index (χ2v) is 6.75. The number of rotatable bonds is 2. The molecule has 0 radical (unpaired) electrons. The highest BCUT2D eigenvalue weighted by Crippen LogP contribution is 2.44. The SMILES string of the molecule is CC1(C)CCC(N2CCOC(CN)C2)c2ccccc21. The van der Waals surface area contributed by atoms with Crippen molar-refractivity contribution in [2.75, 3.05) is 26.2 Å². The van der Waals surface area contributed by atoms with Gasteiger partial charge in [-0.05, 0) is 29.4 Å². The largest absolute Gasteiger partial charge is 0.374 e. The van der Waals surface area contributed by atoms with E-state index in [4.69, 9.17) is 10.5 Å². The van der Waals surface area contributed by atoms with E-state index in [2.05, 4.69) is 43.0 Å². The molecule has 3 rings (SSSR count). The van der Waals surface area contributed by atoms with Crippen LogP contribution in [0.5, 0.6) is 0 Å². The molecule has 2 atom stereocenters. The third kappa shape index (κ3) is 2.50. The minimum absolute atomic E-state index is 0.200. The van der Waals surface area contributed by atoms with Gasteiger partial charge in [-0.3, -0.25) is 4.90 Å². The molecule has 0 saturated carbocycles. The molecule has 0 aromatic heterocycles. The Bertz CT molecular complexity index is 472. The molecule has 20 heavy (non-hydrogen) atoms. The van der Waals surface area contributed by atoms with E-state index in [0.717, 1.165) is 19.7 Å². The van der Waals surface area contributed by atoms with Gasteiger partial charge in [-0.25, -0.2) is 0 Å². The molecule has 1 heterocycles. The highest BCUT2D eigenvalue weighted by Gasteiger charge is 2.36. The van der Waals surface area contributed by atoms with E-state index in [-0.39, 0.29) is 6.10 Å². The summed E-state index contributed by atoms with van der Waals surface area (Å²) >= 11 is 0. The van der Waals surface area contributed by atoms with Gasteiger partial charge in [-0.2, -0.15) is 0 Å². The van der Waals surface area contributed by atoms with E-state index in [1.807, 2.05) is 0 Å². The molecule has 1 aromatic rings. The first-order valence-electron chi connectivity index (χ1n) is 7.77. The predicted molar refractivity (Wildman–Crippen MR) is 81.8 cm³/mol. The van der Waals surface area contributed by atoms with Gasteiger partial charge in [0.15, 0.2) is 0 Å². The van der Waals surface area contributed by atoms with Crippen LogP contribution in [0, 0.1) is 0 Å². The van der Waals surface area contributed by atoms with Crippen molar-refractivity contribution >= 4 is 0 Å². The van der Waals surface area contributed by atoms with Crippen LogP contribution in [0.15, 0.2) is 24.3 Å². The van der Waals surface area contributed by atoms with Gasteiger partial charge in [-0.15, -0.1) is 0 Å². The van der Waals surface area contributed by atoms with Crippen LogP contribution in [-0.2, 0) is 10.2 Å². The normalized spacial score (nSPS) is 29.9. The number of hydrogen-bond acceptors (Lipinski definition) is 3. The van der Waals surface area contributed by atoms with Gasteiger partial charge in [0.25, 0.3) is 0 Å². The highest BCUT2D eigenvalue weighted by atomic mass is 16.5. The molecule has 3 nitrogen and oxygen atoms in total. The Balaban J connectivity index is 1.88. The first-order valence-corrected chi connectivity index (χ1v) is 7.77. The quantitative estimate of drug-likeness (QED) is 0.900. The maximum Gasteiger partial charge on any atom is 0.0824 e. The lowest BCUT2D eigenvalue weighted by Crippen LogP contribution is -2.48. The van der Waals surface area contributed by atoms with Crippen molar-refractivity contribution in [1.82, 2.24) is 4.90 Å². The van der Waals surface area contributed by atoms with Crippen LogP contribution in [0.3, 0.4) is 0 Å². The highest BCUT2D eigenvalue weighted by molar-refractivity contribution is 5.38. The monoisotopic (exact) mass is 274 g/mol. The molecular formula is C17H26N2O. The average molecular weight is 274 g/mol. The molecule has 2 aliphatic rings. The lowest BCUT2D eigenvalue weighted by molar-refractivity contribution is -0.0426. The molecule has 0 spiro atoms. The second kappa shape index (κ2) is 5.47. The van der Waals surface area contributed by atoms with Gasteiger partial charge >= 0.3 is 0 Å². The van der Waals surface area contributed by atoms with Gasteiger partial charge in [0.2, 0.25) is 0 Å². The number of morpholine rings is 1. The summed E-state index contributed by atoms with van der Waals surface area (Å²) < 4.78 is 5.71. The van der Waals surface area contributed by atoms with Crippen LogP contribution in [0.1, 0.15) is 43.9 Å². The predicted octanol–water partition coefficient (Wildman–Crippen LogP) is 2.46. The summed E-state index contributed by atoms with van der Waals surface area (Å²) in [5.41, 5.74) is 9.11. The zero-order valence-corrected chi connectivity index (χ0v) is 12.6. The molecule has 1 aliphatic carbocycles. The maximum atomic E-state index is 5.78. The zero-order chi connectivity index (χ0) is 14.2. The lowest BCUT2D eigenvalue weighted by atomic mass is 9.70. The van der Waals surface area contributed by atoms with E-state index in [1.165, 1.54) is 24.0 Å². The van der Waals surface area contributed by atoms with Crippen molar-refractivity contribution in [2.24, 2.45) is 5.73 Å². The summed E-state index contributed by atoms with van der Waals surface area (Å²) in [7, 11) is 0. The topological polar surface area (TPSA) is 38.5 Å². The Labute approximate surface area is 122 Å². The van der Waals surface area contributed by atoms with Crippen LogP contribution in [0.4, 0.5) is 0 Å². The fourth-order valence-corrected chi connectivity index (χ4v) is 3.74. The van der Waals surface area contributed by atoms with Gasteiger partial charge in [0, 0.05) is 25.7 Å². The fourth-order valence-electron chi connectivity index (χ4n) is 3.74. The Morgan fingerprint density at radius 1 is 1.35 bits per heavy atom. The zero-order valence-electron chi connectivity index (χ0n) is 12.6. The molecule has 110 valence electrons. The molecule has 0 bridgehead atoms. The molecule has 1 aromatic carbocycles. The molecule has 1 saturated heterocycles. The number of ether oxygens (including phenoxy) is 1. The van der Waals surface area contributed by atoms with Crippen LogP contribution in [0.25, 0.3) is 0 Å². The van der Waals surface area contributed by atoms with E-state index < -0.39 is 0 Å². The Kier molecular flexibility index (Phi) is 3.85. The standard InChI is InChI=1S/C17H26N2O/c1-17(2)8-7-16(14-5-3-4-6-15(14)17)19-9-10-20-13(11-18)12-19/h3-6,13,16H,7-12,18H2,1-2H3. The minimum atomic E-state index is 0.200. The first kappa shape index (κ1) is 14.1. The van der Waals surface area contributed by atoms with Crippen molar-refractivity contribution in [3.05, 3.63) is 35.4 Å². The van der Waals surface area contributed by atoms with Gasteiger partial charge < -0.3 is 10.5 Å². The number of nitrogens with two attached hydrogens (primary N) is 1. The summed E-state index contributed by atoms with van der Waals surface area (Å²) in [6, 6.07) is 9.51.